The molecule has 0 aromatic rings. The van der Waals surface area contributed by atoms with Gasteiger partial charge in [0.25, 0.3) is 0 Å². The fourth-order valence-corrected chi connectivity index (χ4v) is 1.74. The van der Waals surface area contributed by atoms with E-state index in [2.05, 4.69) is 33.1 Å². The van der Waals surface area contributed by atoms with Crippen molar-refractivity contribution >= 4 is 0 Å². The lowest BCUT2D eigenvalue weighted by atomic mass is 9.88. The third-order valence-corrected chi connectivity index (χ3v) is 2.95. The van der Waals surface area contributed by atoms with Crippen molar-refractivity contribution < 1.29 is 9.47 Å². The molecule has 0 fully saturated rings. The topological polar surface area (TPSA) is 18.5 Å². The van der Waals surface area contributed by atoms with Crippen LogP contribution in [0, 0.1) is 0 Å². The molecule has 1 heterocycles. The summed E-state index contributed by atoms with van der Waals surface area (Å²) in [7, 11) is 1.64. The van der Waals surface area contributed by atoms with E-state index in [1.54, 1.807) is 7.11 Å². The Labute approximate surface area is 92.3 Å². The van der Waals surface area contributed by atoms with Crippen LogP contribution in [-0.2, 0) is 9.47 Å². The van der Waals surface area contributed by atoms with Crippen LogP contribution in [-0.4, -0.2) is 19.0 Å². The minimum atomic E-state index is -0.316. The van der Waals surface area contributed by atoms with Crippen LogP contribution >= 0.6 is 0 Å². The first-order valence-corrected chi connectivity index (χ1v) is 5.22. The average Bonchev–Trinajstić information content (AvgIpc) is 2.21. The lowest BCUT2D eigenvalue weighted by molar-refractivity contribution is -0.166. The summed E-state index contributed by atoms with van der Waals surface area (Å²) >= 11 is 0. The molecule has 2 nitrogen and oxygen atoms in total. The summed E-state index contributed by atoms with van der Waals surface area (Å²) in [6.45, 7) is 11.8. The molecule has 0 amide bonds. The number of rotatable bonds is 4. The molecule has 1 rings (SSSR count). The van der Waals surface area contributed by atoms with Crippen LogP contribution in [0.15, 0.2) is 36.5 Å². The summed E-state index contributed by atoms with van der Waals surface area (Å²) in [5, 5.41) is 0. The highest BCUT2D eigenvalue weighted by atomic mass is 16.7. The van der Waals surface area contributed by atoms with Crippen molar-refractivity contribution in [3.05, 3.63) is 36.5 Å². The second kappa shape index (κ2) is 4.77. The first-order valence-electron chi connectivity index (χ1n) is 5.22. The minimum Gasteiger partial charge on any atom is -0.352 e. The molecule has 2 heteroatoms. The van der Waals surface area contributed by atoms with Crippen LogP contribution in [0.5, 0.6) is 0 Å². The fourth-order valence-electron chi connectivity index (χ4n) is 1.74. The summed E-state index contributed by atoms with van der Waals surface area (Å²) < 4.78 is 11.1. The highest BCUT2D eigenvalue weighted by Crippen LogP contribution is 2.35. The number of ether oxygens (including phenoxy) is 2. The summed E-state index contributed by atoms with van der Waals surface area (Å²) in [6.07, 6.45) is 5.51. The van der Waals surface area contributed by atoms with Crippen molar-refractivity contribution in [2.75, 3.05) is 7.11 Å². The van der Waals surface area contributed by atoms with E-state index in [4.69, 9.17) is 9.47 Å². The number of methoxy groups -OCH3 is 1. The Hall–Kier alpha value is -0.860. The van der Waals surface area contributed by atoms with Gasteiger partial charge in [0, 0.05) is 12.7 Å². The van der Waals surface area contributed by atoms with Gasteiger partial charge in [-0.25, -0.2) is 0 Å². The predicted octanol–water partition coefficient (Wildman–Crippen LogP) is 3.22. The Morgan fingerprint density at radius 3 is 2.87 bits per heavy atom. The van der Waals surface area contributed by atoms with E-state index in [0.717, 1.165) is 18.4 Å². The Morgan fingerprint density at radius 1 is 1.67 bits per heavy atom. The molecule has 2 unspecified atom stereocenters. The maximum absolute atomic E-state index is 5.91. The Kier molecular flexibility index (Phi) is 3.89. The van der Waals surface area contributed by atoms with Gasteiger partial charge >= 0.3 is 0 Å². The molecule has 0 spiro atoms. The lowest BCUT2D eigenvalue weighted by Crippen LogP contribution is -2.39. The SMILES string of the molecule is C=CCCC1(C)OC(OC)C(=C)C=C1C. The van der Waals surface area contributed by atoms with E-state index < -0.39 is 0 Å². The smallest absolute Gasteiger partial charge is 0.183 e. The van der Waals surface area contributed by atoms with Crippen molar-refractivity contribution in [3.8, 4) is 0 Å². The first kappa shape index (κ1) is 12.2. The monoisotopic (exact) mass is 208 g/mol. The third-order valence-electron chi connectivity index (χ3n) is 2.95. The van der Waals surface area contributed by atoms with Crippen LogP contribution in [0.1, 0.15) is 26.7 Å². The molecular weight excluding hydrogens is 188 g/mol. The van der Waals surface area contributed by atoms with Gasteiger partial charge in [0.2, 0.25) is 0 Å². The van der Waals surface area contributed by atoms with E-state index in [9.17, 15) is 0 Å². The summed E-state index contributed by atoms with van der Waals surface area (Å²) in [5.74, 6) is 0. The minimum absolute atomic E-state index is 0.254. The quantitative estimate of drug-likeness (QED) is 0.660. The van der Waals surface area contributed by atoms with Crippen molar-refractivity contribution in [2.45, 2.75) is 38.6 Å². The van der Waals surface area contributed by atoms with Crippen LogP contribution in [0.3, 0.4) is 0 Å². The van der Waals surface area contributed by atoms with E-state index in [1.165, 1.54) is 5.57 Å². The maximum atomic E-state index is 5.91. The second-order valence-corrected chi connectivity index (χ2v) is 4.15. The fraction of sp³-hybridized carbons (Fsp3) is 0.538. The molecule has 2 atom stereocenters. The van der Waals surface area contributed by atoms with Crippen molar-refractivity contribution in [1.29, 1.82) is 0 Å². The predicted molar refractivity (Wildman–Crippen MR) is 62.6 cm³/mol. The molecule has 15 heavy (non-hydrogen) atoms. The van der Waals surface area contributed by atoms with Gasteiger partial charge in [-0.1, -0.05) is 18.7 Å². The maximum Gasteiger partial charge on any atom is 0.183 e. The number of hydrogen-bond acceptors (Lipinski definition) is 2. The molecule has 0 saturated carbocycles. The van der Waals surface area contributed by atoms with Gasteiger partial charge in [-0.3, -0.25) is 0 Å². The number of hydrogen-bond donors (Lipinski definition) is 0. The van der Waals surface area contributed by atoms with Crippen molar-refractivity contribution in [3.63, 3.8) is 0 Å². The molecule has 0 bridgehead atoms. The average molecular weight is 208 g/mol. The standard InChI is InChI=1S/C13H20O2/c1-6-7-8-13(4)11(3)9-10(2)12(14-5)15-13/h6,9,12H,1-2,7-8H2,3-5H3. The third kappa shape index (κ3) is 2.58. The summed E-state index contributed by atoms with van der Waals surface area (Å²) in [5.41, 5.74) is 1.82. The molecule has 0 aromatic carbocycles. The van der Waals surface area contributed by atoms with Crippen LogP contribution in [0.2, 0.25) is 0 Å². The molecule has 0 radical (unpaired) electrons. The van der Waals surface area contributed by atoms with Crippen molar-refractivity contribution in [1.82, 2.24) is 0 Å². The molecular formula is C13H20O2. The lowest BCUT2D eigenvalue weighted by Gasteiger charge is -2.38. The largest absolute Gasteiger partial charge is 0.352 e. The molecule has 0 aliphatic carbocycles. The summed E-state index contributed by atoms with van der Waals surface area (Å²) in [4.78, 5) is 0. The van der Waals surface area contributed by atoms with Gasteiger partial charge in [-0.2, -0.15) is 0 Å². The van der Waals surface area contributed by atoms with Gasteiger partial charge in [-0.05, 0) is 32.3 Å². The zero-order valence-corrected chi connectivity index (χ0v) is 9.88. The van der Waals surface area contributed by atoms with E-state index in [0.29, 0.717) is 0 Å². The zero-order valence-electron chi connectivity index (χ0n) is 9.88. The van der Waals surface area contributed by atoms with Gasteiger partial charge in [0.15, 0.2) is 6.29 Å². The highest BCUT2D eigenvalue weighted by molar-refractivity contribution is 5.31. The Balaban J connectivity index is 2.85. The second-order valence-electron chi connectivity index (χ2n) is 4.15. The van der Waals surface area contributed by atoms with E-state index in [1.807, 2.05) is 6.08 Å². The molecule has 1 aliphatic rings. The Bertz CT molecular complexity index is 291. The van der Waals surface area contributed by atoms with Crippen molar-refractivity contribution in [2.24, 2.45) is 0 Å². The van der Waals surface area contributed by atoms with Gasteiger partial charge in [-0.15, -0.1) is 6.58 Å². The number of allylic oxidation sites excluding steroid dienone is 1. The van der Waals surface area contributed by atoms with Gasteiger partial charge in [0.1, 0.15) is 0 Å². The van der Waals surface area contributed by atoms with Gasteiger partial charge < -0.3 is 9.47 Å². The van der Waals surface area contributed by atoms with Crippen LogP contribution in [0.25, 0.3) is 0 Å². The van der Waals surface area contributed by atoms with Gasteiger partial charge in [0.05, 0.1) is 5.60 Å². The first-order chi connectivity index (χ1) is 7.03. The summed E-state index contributed by atoms with van der Waals surface area (Å²) in [6, 6.07) is 0. The van der Waals surface area contributed by atoms with E-state index >= 15 is 0 Å². The van der Waals surface area contributed by atoms with Crippen LogP contribution < -0.4 is 0 Å². The molecule has 1 aliphatic heterocycles. The zero-order chi connectivity index (χ0) is 11.5. The molecule has 84 valence electrons. The molecule has 0 N–H and O–H groups in total. The van der Waals surface area contributed by atoms with Crippen LogP contribution in [0.4, 0.5) is 0 Å². The Morgan fingerprint density at radius 2 is 2.33 bits per heavy atom. The highest BCUT2D eigenvalue weighted by Gasteiger charge is 2.34. The normalized spacial score (nSPS) is 31.3. The molecule has 0 saturated heterocycles. The molecule has 0 aromatic heterocycles. The van der Waals surface area contributed by atoms with E-state index in [-0.39, 0.29) is 11.9 Å².